The molecule has 2 aromatic carbocycles. The third kappa shape index (κ3) is 3.08. The smallest absolute Gasteiger partial charge is 0.255 e. The summed E-state index contributed by atoms with van der Waals surface area (Å²) >= 11 is 6.00. The molecule has 0 bridgehead atoms. The van der Waals surface area contributed by atoms with E-state index in [0.29, 0.717) is 27.5 Å². The maximum absolute atomic E-state index is 12.2. The second kappa shape index (κ2) is 5.64. The fraction of sp³-hybridized carbons (Fsp3) is 0.0667. The van der Waals surface area contributed by atoms with Crippen molar-refractivity contribution in [1.82, 2.24) is 0 Å². The highest BCUT2D eigenvalue weighted by Gasteiger charge is 2.10. The molecule has 20 heavy (non-hydrogen) atoms. The van der Waals surface area contributed by atoms with E-state index in [1.807, 2.05) is 13.0 Å². The Kier molecular flexibility index (Phi) is 3.92. The zero-order valence-electron chi connectivity index (χ0n) is 10.8. The number of rotatable bonds is 2. The number of nitrogens with zero attached hydrogens (tertiary/aromatic N) is 1. The van der Waals surface area contributed by atoms with Gasteiger partial charge in [-0.05, 0) is 48.9 Å². The molecule has 0 heterocycles. The standard InChI is InChI=1S/C15H12ClN3O/c1-9-4-11(7-12(18)5-9)15(20)19-14-6-10(8-17)2-3-13(14)16/h2-7H,18H2,1H3,(H,19,20). The first kappa shape index (κ1) is 13.9. The molecular formula is C15H12ClN3O. The summed E-state index contributed by atoms with van der Waals surface area (Å²) in [7, 11) is 0. The molecule has 0 fully saturated rings. The van der Waals surface area contributed by atoms with Gasteiger partial charge < -0.3 is 11.1 Å². The van der Waals surface area contributed by atoms with Gasteiger partial charge in [-0.1, -0.05) is 11.6 Å². The minimum Gasteiger partial charge on any atom is -0.399 e. The molecule has 0 radical (unpaired) electrons. The topological polar surface area (TPSA) is 78.9 Å². The van der Waals surface area contributed by atoms with Gasteiger partial charge >= 0.3 is 0 Å². The predicted molar refractivity (Wildman–Crippen MR) is 79.7 cm³/mol. The Morgan fingerprint density at radius 2 is 2.05 bits per heavy atom. The summed E-state index contributed by atoms with van der Waals surface area (Å²) in [4.78, 5) is 12.2. The molecule has 2 aromatic rings. The number of nitrogen functional groups attached to an aromatic ring is 1. The Hall–Kier alpha value is -2.51. The van der Waals surface area contributed by atoms with Crippen LogP contribution < -0.4 is 11.1 Å². The molecule has 0 saturated heterocycles. The van der Waals surface area contributed by atoms with Crippen molar-refractivity contribution >= 4 is 28.9 Å². The van der Waals surface area contributed by atoms with Crippen molar-refractivity contribution in [3.63, 3.8) is 0 Å². The molecule has 0 spiro atoms. The van der Waals surface area contributed by atoms with Gasteiger partial charge in [-0.25, -0.2) is 0 Å². The largest absolute Gasteiger partial charge is 0.399 e. The summed E-state index contributed by atoms with van der Waals surface area (Å²) in [5, 5.41) is 11.9. The number of hydrogen-bond donors (Lipinski definition) is 2. The van der Waals surface area contributed by atoms with E-state index in [-0.39, 0.29) is 5.91 Å². The fourth-order valence-electron chi connectivity index (χ4n) is 1.83. The van der Waals surface area contributed by atoms with Crippen molar-refractivity contribution in [1.29, 1.82) is 5.26 Å². The van der Waals surface area contributed by atoms with Crippen molar-refractivity contribution < 1.29 is 4.79 Å². The Bertz CT molecular complexity index is 699. The number of nitrogens with two attached hydrogens (primary N) is 1. The van der Waals surface area contributed by atoms with Gasteiger partial charge in [0.2, 0.25) is 0 Å². The van der Waals surface area contributed by atoms with Gasteiger partial charge in [0.25, 0.3) is 5.91 Å². The van der Waals surface area contributed by atoms with Crippen LogP contribution >= 0.6 is 11.6 Å². The summed E-state index contributed by atoms with van der Waals surface area (Å²) in [6.07, 6.45) is 0. The van der Waals surface area contributed by atoms with E-state index < -0.39 is 0 Å². The van der Waals surface area contributed by atoms with E-state index in [0.717, 1.165) is 5.56 Å². The van der Waals surface area contributed by atoms with Crippen LogP contribution in [0.4, 0.5) is 11.4 Å². The van der Waals surface area contributed by atoms with Gasteiger partial charge in [0, 0.05) is 11.3 Å². The Balaban J connectivity index is 2.30. The molecule has 0 atom stereocenters. The summed E-state index contributed by atoms with van der Waals surface area (Å²) in [6, 6.07) is 11.8. The molecule has 0 saturated carbocycles. The number of carbonyl (C=O) groups excluding carboxylic acids is 1. The second-order valence-electron chi connectivity index (χ2n) is 4.39. The summed E-state index contributed by atoms with van der Waals surface area (Å²) in [6.45, 7) is 1.86. The highest BCUT2D eigenvalue weighted by Crippen LogP contribution is 2.23. The molecule has 0 aliphatic carbocycles. The van der Waals surface area contributed by atoms with Crippen molar-refractivity contribution in [2.24, 2.45) is 0 Å². The zero-order valence-corrected chi connectivity index (χ0v) is 11.5. The number of anilines is 2. The van der Waals surface area contributed by atoms with E-state index >= 15 is 0 Å². The number of nitrogens with one attached hydrogen (secondary N) is 1. The summed E-state index contributed by atoms with van der Waals surface area (Å²) in [5.41, 5.74) is 8.40. The normalized spacial score (nSPS) is 9.85. The number of aryl methyl sites for hydroxylation is 1. The second-order valence-corrected chi connectivity index (χ2v) is 4.80. The number of nitriles is 1. The van der Waals surface area contributed by atoms with Crippen LogP contribution in [0.15, 0.2) is 36.4 Å². The maximum Gasteiger partial charge on any atom is 0.255 e. The lowest BCUT2D eigenvalue weighted by molar-refractivity contribution is 0.102. The van der Waals surface area contributed by atoms with Crippen molar-refractivity contribution in [2.45, 2.75) is 6.92 Å². The van der Waals surface area contributed by atoms with Gasteiger partial charge in [-0.2, -0.15) is 5.26 Å². The number of benzene rings is 2. The molecule has 0 unspecified atom stereocenters. The van der Waals surface area contributed by atoms with Gasteiger partial charge in [-0.3, -0.25) is 4.79 Å². The lowest BCUT2D eigenvalue weighted by Crippen LogP contribution is -2.13. The lowest BCUT2D eigenvalue weighted by Gasteiger charge is -2.09. The van der Waals surface area contributed by atoms with E-state index in [1.165, 1.54) is 6.07 Å². The first-order chi connectivity index (χ1) is 9.49. The SMILES string of the molecule is Cc1cc(N)cc(C(=O)Nc2cc(C#N)ccc2Cl)c1. The van der Waals surface area contributed by atoms with Crippen molar-refractivity contribution in [3.05, 3.63) is 58.1 Å². The van der Waals surface area contributed by atoms with Crippen LogP contribution in [0.25, 0.3) is 0 Å². The number of hydrogen-bond acceptors (Lipinski definition) is 3. The highest BCUT2D eigenvalue weighted by atomic mass is 35.5. The average Bonchev–Trinajstić information content (AvgIpc) is 2.40. The molecule has 0 aliphatic rings. The molecule has 0 aliphatic heterocycles. The molecule has 3 N–H and O–H groups in total. The minimum absolute atomic E-state index is 0.322. The molecule has 5 heteroatoms. The Morgan fingerprint density at radius 1 is 1.30 bits per heavy atom. The summed E-state index contributed by atoms with van der Waals surface area (Å²) in [5.74, 6) is -0.322. The van der Waals surface area contributed by atoms with Gasteiger partial charge in [-0.15, -0.1) is 0 Å². The summed E-state index contributed by atoms with van der Waals surface area (Å²) < 4.78 is 0. The number of carbonyl (C=O) groups is 1. The van der Waals surface area contributed by atoms with Crippen LogP contribution in [0.3, 0.4) is 0 Å². The van der Waals surface area contributed by atoms with Crippen LogP contribution in [-0.4, -0.2) is 5.91 Å². The Morgan fingerprint density at radius 3 is 2.70 bits per heavy atom. The molecule has 4 nitrogen and oxygen atoms in total. The first-order valence-electron chi connectivity index (χ1n) is 5.88. The zero-order chi connectivity index (χ0) is 14.7. The maximum atomic E-state index is 12.2. The predicted octanol–water partition coefficient (Wildman–Crippen LogP) is 3.35. The van der Waals surface area contributed by atoms with Crippen LogP contribution in [-0.2, 0) is 0 Å². The highest BCUT2D eigenvalue weighted by molar-refractivity contribution is 6.34. The van der Waals surface area contributed by atoms with E-state index in [1.54, 1.807) is 30.3 Å². The van der Waals surface area contributed by atoms with E-state index in [4.69, 9.17) is 22.6 Å². The number of amides is 1. The number of halogens is 1. The third-order valence-corrected chi connectivity index (χ3v) is 3.04. The van der Waals surface area contributed by atoms with Gasteiger partial charge in [0.1, 0.15) is 0 Å². The molecule has 1 amide bonds. The minimum atomic E-state index is -0.322. The lowest BCUT2D eigenvalue weighted by atomic mass is 10.1. The molecule has 100 valence electrons. The van der Waals surface area contributed by atoms with Crippen molar-refractivity contribution in [3.8, 4) is 6.07 Å². The molecule has 0 aromatic heterocycles. The van der Waals surface area contributed by atoms with E-state index in [9.17, 15) is 4.79 Å². The monoisotopic (exact) mass is 285 g/mol. The third-order valence-electron chi connectivity index (χ3n) is 2.71. The van der Waals surface area contributed by atoms with E-state index in [2.05, 4.69) is 5.32 Å². The Labute approximate surface area is 121 Å². The quantitative estimate of drug-likeness (QED) is 0.831. The van der Waals surface area contributed by atoms with Crippen LogP contribution in [0.1, 0.15) is 21.5 Å². The van der Waals surface area contributed by atoms with Gasteiger partial charge in [0.15, 0.2) is 0 Å². The molecule has 2 rings (SSSR count). The van der Waals surface area contributed by atoms with Crippen LogP contribution in [0.2, 0.25) is 5.02 Å². The van der Waals surface area contributed by atoms with Crippen molar-refractivity contribution in [2.75, 3.05) is 11.1 Å². The van der Waals surface area contributed by atoms with Crippen LogP contribution in [0, 0.1) is 18.3 Å². The van der Waals surface area contributed by atoms with Crippen LogP contribution in [0.5, 0.6) is 0 Å². The average molecular weight is 286 g/mol. The van der Waals surface area contributed by atoms with Gasteiger partial charge in [0.05, 0.1) is 22.3 Å². The molecular weight excluding hydrogens is 274 g/mol. The fourth-order valence-corrected chi connectivity index (χ4v) is 1.99. The first-order valence-corrected chi connectivity index (χ1v) is 6.25.